The Labute approximate surface area is 66.5 Å². The largest absolute Gasteiger partial charge is 0.244 e. The molecule has 0 saturated carbocycles. The van der Waals surface area contributed by atoms with E-state index >= 15 is 0 Å². The molecule has 2 aromatic heterocycles. The number of aromatic nitrogens is 2. The van der Waals surface area contributed by atoms with E-state index < -0.39 is 0 Å². The number of pyridine rings is 1. The minimum atomic E-state index is 0.641. The van der Waals surface area contributed by atoms with E-state index in [0.717, 1.165) is 10.3 Å². The van der Waals surface area contributed by atoms with Crippen molar-refractivity contribution in [2.24, 2.45) is 0 Å². The molecule has 2 aromatic rings. The summed E-state index contributed by atoms with van der Waals surface area (Å²) in [6, 6.07) is 1.72. The molecular weight excluding hydrogens is 168 g/mol. The predicted molar refractivity (Wildman–Crippen MR) is 41.3 cm³/mol. The molecule has 49 valence electrons. The average molecular weight is 170 g/mol. The van der Waals surface area contributed by atoms with Gasteiger partial charge in [-0.25, -0.2) is 9.97 Å². The maximum Gasteiger partial charge on any atom is 0.155 e. The van der Waals surface area contributed by atoms with E-state index in [2.05, 4.69) is 15.5 Å². The summed E-state index contributed by atoms with van der Waals surface area (Å²) in [7, 11) is 0. The molecule has 0 aromatic carbocycles. The van der Waals surface area contributed by atoms with Crippen molar-refractivity contribution in [2.75, 3.05) is 0 Å². The Morgan fingerprint density at radius 2 is 2.50 bits per heavy atom. The summed E-state index contributed by atoms with van der Waals surface area (Å²) in [5.74, 6) is 0. The van der Waals surface area contributed by atoms with Gasteiger partial charge in [0.15, 0.2) is 5.51 Å². The second-order valence-electron chi connectivity index (χ2n) is 1.75. The van der Waals surface area contributed by atoms with Crippen LogP contribution in [0, 0.1) is 5.51 Å². The summed E-state index contributed by atoms with van der Waals surface area (Å²) in [6.07, 6.45) is 1.66. The molecule has 0 saturated heterocycles. The Bertz CT molecular complexity index is 357. The highest BCUT2D eigenvalue weighted by Crippen LogP contribution is 2.21. The van der Waals surface area contributed by atoms with Gasteiger partial charge in [-0.05, 0) is 6.07 Å². The molecule has 0 amide bonds. The zero-order chi connectivity index (χ0) is 6.97. The van der Waals surface area contributed by atoms with Gasteiger partial charge in [-0.2, -0.15) is 0 Å². The lowest BCUT2D eigenvalue weighted by Gasteiger charge is -1.86. The molecular formula is C6H2ClN2S. The van der Waals surface area contributed by atoms with Gasteiger partial charge in [0, 0.05) is 6.20 Å². The maximum atomic E-state index is 5.78. The Morgan fingerprint density at radius 3 is 3.30 bits per heavy atom. The molecule has 2 rings (SSSR count). The fourth-order valence-electron chi connectivity index (χ4n) is 0.700. The first-order valence-corrected chi connectivity index (χ1v) is 3.84. The highest BCUT2D eigenvalue weighted by Gasteiger charge is 2.00. The summed E-state index contributed by atoms with van der Waals surface area (Å²) >= 11 is 7.15. The number of halogens is 1. The molecule has 0 aliphatic heterocycles. The van der Waals surface area contributed by atoms with E-state index in [1.165, 1.54) is 11.3 Å². The van der Waals surface area contributed by atoms with Gasteiger partial charge in [-0.15, -0.1) is 0 Å². The van der Waals surface area contributed by atoms with E-state index in [1.54, 1.807) is 12.3 Å². The summed E-state index contributed by atoms with van der Waals surface area (Å²) in [5.41, 5.74) is 3.47. The standard InChI is InChI=1S/C6H2ClN2S/c7-4-1-2-8-6-5(4)9-3-10-6/h1-2H. The SMILES string of the molecule is Clc1ccnc2s[c]nc12. The van der Waals surface area contributed by atoms with Crippen LogP contribution in [-0.2, 0) is 0 Å². The van der Waals surface area contributed by atoms with Gasteiger partial charge < -0.3 is 0 Å². The number of thiazole rings is 1. The van der Waals surface area contributed by atoms with Gasteiger partial charge in [0.1, 0.15) is 10.3 Å². The van der Waals surface area contributed by atoms with Crippen molar-refractivity contribution in [2.45, 2.75) is 0 Å². The number of nitrogens with zero attached hydrogens (tertiary/aromatic N) is 2. The fraction of sp³-hybridized carbons (Fsp3) is 0. The van der Waals surface area contributed by atoms with Gasteiger partial charge >= 0.3 is 0 Å². The summed E-state index contributed by atoms with van der Waals surface area (Å²) in [4.78, 5) is 8.80. The van der Waals surface area contributed by atoms with Crippen LogP contribution < -0.4 is 0 Å². The molecule has 0 atom stereocenters. The van der Waals surface area contributed by atoms with Gasteiger partial charge in [-0.1, -0.05) is 22.9 Å². The Kier molecular flexibility index (Phi) is 1.32. The molecule has 10 heavy (non-hydrogen) atoms. The highest BCUT2D eigenvalue weighted by atomic mass is 35.5. The van der Waals surface area contributed by atoms with Crippen LogP contribution in [0.15, 0.2) is 12.3 Å². The Balaban J connectivity index is 2.95. The molecule has 0 N–H and O–H groups in total. The number of hydrogen-bond acceptors (Lipinski definition) is 3. The Hall–Kier alpha value is -0.670. The van der Waals surface area contributed by atoms with Crippen LogP contribution in [0.1, 0.15) is 0 Å². The first-order valence-electron chi connectivity index (χ1n) is 2.65. The first-order chi connectivity index (χ1) is 4.88. The summed E-state index contributed by atoms with van der Waals surface area (Å²) in [5, 5.41) is 0.641. The van der Waals surface area contributed by atoms with Crippen LogP contribution in [0.4, 0.5) is 0 Å². The molecule has 2 heterocycles. The van der Waals surface area contributed by atoms with Gasteiger partial charge in [0.2, 0.25) is 0 Å². The van der Waals surface area contributed by atoms with E-state index in [4.69, 9.17) is 11.6 Å². The minimum absolute atomic E-state index is 0.641. The van der Waals surface area contributed by atoms with E-state index in [1.807, 2.05) is 0 Å². The normalized spacial score (nSPS) is 10.5. The second-order valence-corrected chi connectivity index (χ2v) is 2.93. The topological polar surface area (TPSA) is 25.8 Å². The zero-order valence-corrected chi connectivity index (χ0v) is 6.41. The Morgan fingerprint density at radius 1 is 1.60 bits per heavy atom. The van der Waals surface area contributed by atoms with Crippen LogP contribution in [0.25, 0.3) is 10.3 Å². The van der Waals surface area contributed by atoms with Crippen molar-refractivity contribution in [3.8, 4) is 0 Å². The van der Waals surface area contributed by atoms with E-state index in [-0.39, 0.29) is 0 Å². The molecule has 0 unspecified atom stereocenters. The predicted octanol–water partition coefficient (Wildman–Crippen LogP) is 2.14. The van der Waals surface area contributed by atoms with E-state index in [9.17, 15) is 0 Å². The van der Waals surface area contributed by atoms with Crippen LogP contribution in [-0.4, -0.2) is 9.97 Å². The van der Waals surface area contributed by atoms with Gasteiger partial charge in [0.05, 0.1) is 5.02 Å². The van der Waals surface area contributed by atoms with E-state index in [0.29, 0.717) is 5.02 Å². The molecule has 0 aliphatic carbocycles. The van der Waals surface area contributed by atoms with Crippen molar-refractivity contribution in [3.63, 3.8) is 0 Å². The third kappa shape index (κ3) is 0.786. The van der Waals surface area contributed by atoms with Crippen LogP contribution >= 0.6 is 22.9 Å². The lowest BCUT2D eigenvalue weighted by Crippen LogP contribution is -1.72. The first kappa shape index (κ1) is 6.07. The highest BCUT2D eigenvalue weighted by molar-refractivity contribution is 7.15. The molecule has 2 nitrogen and oxygen atoms in total. The number of rotatable bonds is 0. The van der Waals surface area contributed by atoms with Crippen molar-refractivity contribution in [1.29, 1.82) is 0 Å². The lowest BCUT2D eigenvalue weighted by atomic mass is 10.5. The lowest BCUT2D eigenvalue weighted by molar-refractivity contribution is 1.40. The minimum Gasteiger partial charge on any atom is -0.244 e. The maximum absolute atomic E-state index is 5.78. The number of hydrogen-bond donors (Lipinski definition) is 0. The van der Waals surface area contributed by atoms with Crippen molar-refractivity contribution in [3.05, 3.63) is 22.8 Å². The van der Waals surface area contributed by atoms with Gasteiger partial charge in [0.25, 0.3) is 0 Å². The molecule has 0 spiro atoms. The summed E-state index contributed by atoms with van der Waals surface area (Å²) < 4.78 is 0. The molecule has 0 aliphatic rings. The zero-order valence-electron chi connectivity index (χ0n) is 4.84. The second kappa shape index (κ2) is 2.18. The number of fused-ring (bicyclic) bond motifs is 1. The van der Waals surface area contributed by atoms with Crippen LogP contribution in [0.2, 0.25) is 5.02 Å². The third-order valence-electron chi connectivity index (χ3n) is 1.14. The van der Waals surface area contributed by atoms with Crippen molar-refractivity contribution < 1.29 is 0 Å². The van der Waals surface area contributed by atoms with Crippen molar-refractivity contribution in [1.82, 2.24) is 9.97 Å². The summed E-state index contributed by atoms with van der Waals surface area (Å²) in [6.45, 7) is 0. The molecule has 4 heteroatoms. The smallest absolute Gasteiger partial charge is 0.155 e. The van der Waals surface area contributed by atoms with Crippen LogP contribution in [0.5, 0.6) is 0 Å². The van der Waals surface area contributed by atoms with Crippen LogP contribution in [0.3, 0.4) is 0 Å². The fourth-order valence-corrected chi connectivity index (χ4v) is 1.53. The monoisotopic (exact) mass is 169 g/mol. The van der Waals surface area contributed by atoms with Gasteiger partial charge in [-0.3, -0.25) is 0 Å². The average Bonchev–Trinajstić information content (AvgIpc) is 2.36. The van der Waals surface area contributed by atoms with Crippen molar-refractivity contribution >= 4 is 33.3 Å². The molecule has 0 fully saturated rings. The third-order valence-corrected chi connectivity index (χ3v) is 2.12. The quantitative estimate of drug-likeness (QED) is 0.604. The molecule has 0 bridgehead atoms. The molecule has 1 radical (unpaired) electrons.